The first-order valence-electron chi connectivity index (χ1n) is 8.22. The number of anilines is 1. The summed E-state index contributed by atoms with van der Waals surface area (Å²) >= 11 is 6.20. The molecule has 0 atom stereocenters. The molecule has 0 spiro atoms. The molecule has 0 saturated heterocycles. The molecule has 0 fully saturated rings. The standard InChI is InChI=1S/C20H19ClN2O3/c1-4-26-18-10-9-14(12-19(18)25-3)11-15-13(2)22-23(20(15)24)17-8-6-5-7-16(17)21/h5-12H,4H2,1-3H3/b15-11+. The number of carbonyl (C=O) groups is 1. The highest BCUT2D eigenvalue weighted by molar-refractivity contribution is 6.37. The third-order valence-electron chi connectivity index (χ3n) is 3.94. The van der Waals surface area contributed by atoms with E-state index in [9.17, 15) is 4.79 Å². The summed E-state index contributed by atoms with van der Waals surface area (Å²) in [5.74, 6) is 1.06. The first-order chi connectivity index (χ1) is 12.5. The van der Waals surface area contributed by atoms with Crippen LogP contribution in [0.5, 0.6) is 11.5 Å². The van der Waals surface area contributed by atoms with Gasteiger partial charge in [0, 0.05) is 0 Å². The van der Waals surface area contributed by atoms with E-state index >= 15 is 0 Å². The van der Waals surface area contributed by atoms with Gasteiger partial charge in [-0.3, -0.25) is 4.79 Å². The lowest BCUT2D eigenvalue weighted by atomic mass is 10.1. The van der Waals surface area contributed by atoms with Gasteiger partial charge in [-0.15, -0.1) is 0 Å². The van der Waals surface area contributed by atoms with E-state index in [1.807, 2.05) is 37.3 Å². The number of amides is 1. The van der Waals surface area contributed by atoms with Crippen LogP contribution < -0.4 is 14.5 Å². The van der Waals surface area contributed by atoms with E-state index in [4.69, 9.17) is 21.1 Å². The van der Waals surface area contributed by atoms with Gasteiger partial charge in [-0.25, -0.2) is 0 Å². The number of para-hydroxylation sites is 1. The van der Waals surface area contributed by atoms with Crippen molar-refractivity contribution in [2.75, 3.05) is 18.7 Å². The second kappa shape index (κ2) is 7.62. The molecular weight excluding hydrogens is 352 g/mol. The molecule has 0 aliphatic carbocycles. The first kappa shape index (κ1) is 18.0. The Hall–Kier alpha value is -2.79. The van der Waals surface area contributed by atoms with Crippen LogP contribution >= 0.6 is 11.6 Å². The van der Waals surface area contributed by atoms with Crippen molar-refractivity contribution < 1.29 is 14.3 Å². The number of carbonyl (C=O) groups excluding carboxylic acids is 1. The molecule has 26 heavy (non-hydrogen) atoms. The summed E-state index contributed by atoms with van der Waals surface area (Å²) in [6, 6.07) is 12.7. The summed E-state index contributed by atoms with van der Waals surface area (Å²) in [4.78, 5) is 12.8. The molecule has 0 N–H and O–H groups in total. The minimum atomic E-state index is -0.219. The zero-order chi connectivity index (χ0) is 18.7. The largest absolute Gasteiger partial charge is 0.493 e. The van der Waals surface area contributed by atoms with Crippen LogP contribution in [0.3, 0.4) is 0 Å². The number of hydrazone groups is 1. The number of halogens is 1. The lowest BCUT2D eigenvalue weighted by Gasteiger charge is -2.13. The Labute approximate surface area is 157 Å². The molecule has 0 radical (unpaired) electrons. The normalized spacial score (nSPS) is 15.4. The Bertz CT molecular complexity index is 906. The Balaban J connectivity index is 1.94. The van der Waals surface area contributed by atoms with Gasteiger partial charge >= 0.3 is 0 Å². The van der Waals surface area contributed by atoms with Crippen LogP contribution in [0, 0.1) is 0 Å². The van der Waals surface area contributed by atoms with Crippen molar-refractivity contribution in [1.82, 2.24) is 0 Å². The maximum Gasteiger partial charge on any atom is 0.280 e. The van der Waals surface area contributed by atoms with Crippen molar-refractivity contribution in [2.24, 2.45) is 5.10 Å². The second-order valence-corrected chi connectivity index (χ2v) is 6.06. The second-order valence-electron chi connectivity index (χ2n) is 5.66. The molecule has 1 aliphatic rings. The van der Waals surface area contributed by atoms with Crippen LogP contribution in [0.1, 0.15) is 19.4 Å². The molecule has 0 bridgehead atoms. The van der Waals surface area contributed by atoms with Gasteiger partial charge in [0.15, 0.2) is 11.5 Å². The topological polar surface area (TPSA) is 51.1 Å². The van der Waals surface area contributed by atoms with Gasteiger partial charge in [0.2, 0.25) is 0 Å². The van der Waals surface area contributed by atoms with Crippen molar-refractivity contribution in [1.29, 1.82) is 0 Å². The molecule has 5 nitrogen and oxygen atoms in total. The number of rotatable bonds is 5. The number of benzene rings is 2. The molecule has 0 saturated carbocycles. The first-order valence-corrected chi connectivity index (χ1v) is 8.60. The maximum atomic E-state index is 12.8. The fourth-order valence-electron chi connectivity index (χ4n) is 2.69. The molecule has 2 aromatic carbocycles. The number of hydrogen-bond acceptors (Lipinski definition) is 4. The predicted octanol–water partition coefficient (Wildman–Crippen LogP) is 4.55. The van der Waals surface area contributed by atoms with Crippen LogP contribution in [-0.2, 0) is 4.79 Å². The molecule has 0 aromatic heterocycles. The van der Waals surface area contributed by atoms with Crippen molar-refractivity contribution in [3.8, 4) is 11.5 Å². The van der Waals surface area contributed by atoms with Gasteiger partial charge in [0.05, 0.1) is 35.7 Å². The summed E-state index contributed by atoms with van der Waals surface area (Å²) < 4.78 is 10.9. The highest BCUT2D eigenvalue weighted by atomic mass is 35.5. The van der Waals surface area contributed by atoms with Gasteiger partial charge in [-0.2, -0.15) is 10.1 Å². The van der Waals surface area contributed by atoms with Crippen LogP contribution in [-0.4, -0.2) is 25.3 Å². The quantitative estimate of drug-likeness (QED) is 0.725. The van der Waals surface area contributed by atoms with Gasteiger partial charge < -0.3 is 9.47 Å². The average Bonchev–Trinajstić information content (AvgIpc) is 2.91. The average molecular weight is 371 g/mol. The fraction of sp³-hybridized carbons (Fsp3) is 0.200. The molecule has 2 aromatic rings. The van der Waals surface area contributed by atoms with E-state index < -0.39 is 0 Å². The Morgan fingerprint density at radius 1 is 1.19 bits per heavy atom. The molecule has 1 amide bonds. The zero-order valence-electron chi connectivity index (χ0n) is 14.8. The predicted molar refractivity (Wildman–Crippen MR) is 104 cm³/mol. The number of ether oxygens (including phenoxy) is 2. The monoisotopic (exact) mass is 370 g/mol. The fourth-order valence-corrected chi connectivity index (χ4v) is 2.90. The number of methoxy groups -OCH3 is 1. The molecule has 6 heteroatoms. The third-order valence-corrected chi connectivity index (χ3v) is 4.26. The third kappa shape index (κ3) is 3.44. The summed E-state index contributed by atoms with van der Waals surface area (Å²) in [5, 5.41) is 6.16. The summed E-state index contributed by atoms with van der Waals surface area (Å²) in [5.41, 5.74) is 2.52. The highest BCUT2D eigenvalue weighted by Crippen LogP contribution is 2.32. The summed E-state index contributed by atoms with van der Waals surface area (Å²) in [7, 11) is 1.58. The minimum absolute atomic E-state index is 0.219. The molecule has 1 aliphatic heterocycles. The van der Waals surface area contributed by atoms with Crippen molar-refractivity contribution in [2.45, 2.75) is 13.8 Å². The SMILES string of the molecule is CCOc1ccc(/C=C2/C(=O)N(c3ccccc3Cl)N=C2C)cc1OC. The van der Waals surface area contributed by atoms with Gasteiger partial charge in [-0.05, 0) is 49.8 Å². The van der Waals surface area contributed by atoms with E-state index in [2.05, 4.69) is 5.10 Å². The highest BCUT2D eigenvalue weighted by Gasteiger charge is 2.29. The Morgan fingerprint density at radius 3 is 2.65 bits per heavy atom. The van der Waals surface area contributed by atoms with E-state index in [1.165, 1.54) is 5.01 Å². The molecule has 3 rings (SSSR count). The smallest absolute Gasteiger partial charge is 0.280 e. The van der Waals surface area contributed by atoms with E-state index in [1.54, 1.807) is 32.2 Å². The van der Waals surface area contributed by atoms with Gasteiger partial charge in [-0.1, -0.05) is 29.8 Å². The number of hydrogen-bond donors (Lipinski definition) is 0. The summed E-state index contributed by atoms with van der Waals surface area (Å²) in [6.07, 6.45) is 1.79. The van der Waals surface area contributed by atoms with E-state index in [0.717, 1.165) is 5.56 Å². The lowest BCUT2D eigenvalue weighted by Crippen LogP contribution is -2.21. The van der Waals surface area contributed by atoms with Gasteiger partial charge in [0.1, 0.15) is 0 Å². The van der Waals surface area contributed by atoms with Crippen LogP contribution in [0.25, 0.3) is 6.08 Å². The zero-order valence-corrected chi connectivity index (χ0v) is 15.6. The molecule has 134 valence electrons. The Kier molecular flexibility index (Phi) is 5.28. The maximum absolute atomic E-state index is 12.8. The molecular formula is C20H19ClN2O3. The van der Waals surface area contributed by atoms with Crippen LogP contribution in [0.4, 0.5) is 5.69 Å². The van der Waals surface area contributed by atoms with Crippen molar-refractivity contribution in [3.05, 3.63) is 58.6 Å². The minimum Gasteiger partial charge on any atom is -0.493 e. The number of nitrogens with zero attached hydrogens (tertiary/aromatic N) is 2. The lowest BCUT2D eigenvalue weighted by molar-refractivity contribution is -0.114. The van der Waals surface area contributed by atoms with Gasteiger partial charge in [0.25, 0.3) is 5.91 Å². The van der Waals surface area contributed by atoms with Crippen molar-refractivity contribution >= 4 is 35.0 Å². The molecule has 1 heterocycles. The van der Waals surface area contributed by atoms with Crippen molar-refractivity contribution in [3.63, 3.8) is 0 Å². The van der Waals surface area contributed by atoms with Crippen LogP contribution in [0.2, 0.25) is 5.02 Å². The van der Waals surface area contributed by atoms with E-state index in [-0.39, 0.29) is 5.91 Å². The summed E-state index contributed by atoms with van der Waals surface area (Å²) in [6.45, 7) is 4.26. The van der Waals surface area contributed by atoms with E-state index in [0.29, 0.717) is 40.1 Å². The Morgan fingerprint density at radius 2 is 1.96 bits per heavy atom. The molecule has 0 unspecified atom stereocenters. The van der Waals surface area contributed by atoms with Crippen LogP contribution in [0.15, 0.2) is 53.1 Å².